The molecule has 1 aliphatic rings. The second kappa shape index (κ2) is 10.3. The summed E-state index contributed by atoms with van der Waals surface area (Å²) in [6.07, 6.45) is 1.61. The molecule has 0 spiro atoms. The monoisotopic (exact) mass is 513 g/mol. The molecule has 3 aromatic rings. The minimum atomic E-state index is -1.01. The van der Waals surface area contributed by atoms with Crippen molar-refractivity contribution in [1.82, 2.24) is 4.90 Å². The number of carboxylic acid groups (broad SMARTS) is 1. The van der Waals surface area contributed by atoms with Gasteiger partial charge >= 0.3 is 5.97 Å². The summed E-state index contributed by atoms with van der Waals surface area (Å²) in [5.74, 6) is -0.975. The number of nitrogens with zero attached hydrogens (tertiary/aromatic N) is 1. The van der Waals surface area contributed by atoms with E-state index in [0.717, 1.165) is 17.3 Å². The van der Waals surface area contributed by atoms with Gasteiger partial charge in [-0.25, -0.2) is 4.79 Å². The fourth-order valence-corrected chi connectivity index (χ4v) is 4.45. The molecule has 0 aromatic heterocycles. The third-order valence-electron chi connectivity index (χ3n) is 4.95. The lowest BCUT2D eigenvalue weighted by Gasteiger charge is -2.12. The van der Waals surface area contributed by atoms with Crippen molar-refractivity contribution in [3.05, 3.63) is 104 Å². The number of hydrogen-bond acceptors (Lipinski definition) is 5. The molecule has 2 amide bonds. The highest BCUT2D eigenvalue weighted by Crippen LogP contribution is 2.35. The standard InChI is InChI=1S/C25H17Cl2NO5S/c26-19-7-4-15(5-8-19)13-28-23(29)22(34-25(28)32)12-16-6-9-21(20(27)11-16)33-14-17-2-1-3-18(10-17)24(30)31/h1-12H,13-14H2,(H,30,31)/b22-12+. The maximum atomic E-state index is 12.8. The molecule has 0 radical (unpaired) electrons. The Morgan fingerprint density at radius 3 is 2.47 bits per heavy atom. The van der Waals surface area contributed by atoms with Gasteiger partial charge in [-0.15, -0.1) is 0 Å². The van der Waals surface area contributed by atoms with E-state index in [4.69, 9.17) is 33.0 Å². The van der Waals surface area contributed by atoms with E-state index in [0.29, 0.717) is 31.8 Å². The molecule has 1 heterocycles. The Hall–Kier alpha value is -3.26. The van der Waals surface area contributed by atoms with Crippen molar-refractivity contribution in [3.63, 3.8) is 0 Å². The van der Waals surface area contributed by atoms with Crippen LogP contribution in [0.4, 0.5) is 4.79 Å². The first-order valence-electron chi connectivity index (χ1n) is 10.0. The summed E-state index contributed by atoms with van der Waals surface area (Å²) in [5, 5.41) is 9.66. The summed E-state index contributed by atoms with van der Waals surface area (Å²) in [4.78, 5) is 37.7. The van der Waals surface area contributed by atoms with Crippen molar-refractivity contribution in [2.75, 3.05) is 0 Å². The molecular formula is C25H17Cl2NO5S. The van der Waals surface area contributed by atoms with Crippen molar-refractivity contribution in [1.29, 1.82) is 0 Å². The van der Waals surface area contributed by atoms with Crippen molar-refractivity contribution in [2.45, 2.75) is 13.2 Å². The van der Waals surface area contributed by atoms with Gasteiger partial charge in [0.2, 0.25) is 0 Å². The van der Waals surface area contributed by atoms with E-state index in [-0.39, 0.29) is 29.9 Å². The van der Waals surface area contributed by atoms with E-state index >= 15 is 0 Å². The van der Waals surface area contributed by atoms with Gasteiger partial charge in [0.25, 0.3) is 11.1 Å². The van der Waals surface area contributed by atoms with Gasteiger partial charge in [0.15, 0.2) is 0 Å². The number of amides is 2. The lowest BCUT2D eigenvalue weighted by Crippen LogP contribution is -2.27. The molecule has 4 rings (SSSR count). The first kappa shape index (κ1) is 23.9. The molecule has 3 aromatic carbocycles. The normalized spacial score (nSPS) is 14.6. The third kappa shape index (κ3) is 5.62. The van der Waals surface area contributed by atoms with Crippen LogP contribution in [0.15, 0.2) is 71.6 Å². The van der Waals surface area contributed by atoms with Crippen LogP contribution in [0.3, 0.4) is 0 Å². The lowest BCUT2D eigenvalue weighted by molar-refractivity contribution is -0.123. The van der Waals surface area contributed by atoms with Crippen LogP contribution in [0.2, 0.25) is 10.0 Å². The first-order valence-corrected chi connectivity index (χ1v) is 11.6. The summed E-state index contributed by atoms with van der Waals surface area (Å²) in [6.45, 7) is 0.305. The average molecular weight is 514 g/mol. The highest BCUT2D eigenvalue weighted by Gasteiger charge is 2.35. The van der Waals surface area contributed by atoms with Crippen LogP contribution >= 0.6 is 35.0 Å². The maximum Gasteiger partial charge on any atom is 0.335 e. The molecule has 0 saturated carbocycles. The molecule has 0 aliphatic carbocycles. The van der Waals surface area contributed by atoms with Gasteiger partial charge in [-0.1, -0.05) is 53.5 Å². The molecule has 172 valence electrons. The van der Waals surface area contributed by atoms with Crippen LogP contribution in [-0.4, -0.2) is 27.1 Å². The minimum absolute atomic E-state index is 0.143. The van der Waals surface area contributed by atoms with Crippen LogP contribution in [0.1, 0.15) is 27.0 Å². The van der Waals surface area contributed by atoms with Gasteiger partial charge in [0.1, 0.15) is 12.4 Å². The number of benzene rings is 3. The van der Waals surface area contributed by atoms with Gasteiger partial charge in [-0.2, -0.15) is 0 Å². The second-order valence-electron chi connectivity index (χ2n) is 7.38. The smallest absolute Gasteiger partial charge is 0.335 e. The number of rotatable bonds is 7. The van der Waals surface area contributed by atoms with Crippen LogP contribution < -0.4 is 4.74 Å². The average Bonchev–Trinajstić information content (AvgIpc) is 3.07. The summed E-state index contributed by atoms with van der Waals surface area (Å²) in [5.41, 5.74) is 2.30. The van der Waals surface area contributed by atoms with Crippen LogP contribution in [0.25, 0.3) is 6.08 Å². The fourth-order valence-electron chi connectivity index (χ4n) is 3.24. The molecule has 9 heteroatoms. The molecule has 1 fully saturated rings. The van der Waals surface area contributed by atoms with Crippen molar-refractivity contribution in [2.24, 2.45) is 0 Å². The Morgan fingerprint density at radius 1 is 1.00 bits per heavy atom. The minimum Gasteiger partial charge on any atom is -0.487 e. The molecule has 0 atom stereocenters. The number of carbonyl (C=O) groups is 3. The Bertz CT molecular complexity index is 1310. The van der Waals surface area contributed by atoms with E-state index in [1.165, 1.54) is 17.0 Å². The van der Waals surface area contributed by atoms with E-state index < -0.39 is 5.97 Å². The number of hydrogen-bond donors (Lipinski definition) is 1. The number of imide groups is 1. The van der Waals surface area contributed by atoms with Crippen LogP contribution in [0, 0.1) is 0 Å². The molecule has 0 bridgehead atoms. The van der Waals surface area contributed by atoms with E-state index in [1.807, 2.05) is 0 Å². The number of carbonyl (C=O) groups excluding carboxylic acids is 2. The molecule has 1 N–H and O–H groups in total. The first-order chi connectivity index (χ1) is 16.3. The molecule has 0 unspecified atom stereocenters. The van der Waals surface area contributed by atoms with Crippen molar-refractivity contribution in [3.8, 4) is 5.75 Å². The highest BCUT2D eigenvalue weighted by atomic mass is 35.5. The zero-order valence-electron chi connectivity index (χ0n) is 17.5. The number of halogens is 2. The van der Waals surface area contributed by atoms with Crippen LogP contribution in [0.5, 0.6) is 5.75 Å². The molecule has 34 heavy (non-hydrogen) atoms. The van der Waals surface area contributed by atoms with E-state index in [9.17, 15) is 14.4 Å². The van der Waals surface area contributed by atoms with Gasteiger partial charge < -0.3 is 9.84 Å². The Labute approximate surface area is 209 Å². The van der Waals surface area contributed by atoms with Gasteiger partial charge in [0, 0.05) is 5.02 Å². The topological polar surface area (TPSA) is 83.9 Å². The summed E-state index contributed by atoms with van der Waals surface area (Å²) in [6, 6.07) is 18.4. The highest BCUT2D eigenvalue weighted by molar-refractivity contribution is 8.18. The lowest BCUT2D eigenvalue weighted by atomic mass is 10.1. The maximum absolute atomic E-state index is 12.8. The Balaban J connectivity index is 1.44. The number of aromatic carboxylic acids is 1. The largest absolute Gasteiger partial charge is 0.487 e. The number of carboxylic acids is 1. The zero-order valence-corrected chi connectivity index (χ0v) is 19.9. The fraction of sp³-hybridized carbons (Fsp3) is 0.0800. The molecule has 1 aliphatic heterocycles. The molecular weight excluding hydrogens is 497 g/mol. The third-order valence-corrected chi connectivity index (χ3v) is 6.40. The predicted molar refractivity (Wildman–Crippen MR) is 132 cm³/mol. The molecule has 1 saturated heterocycles. The summed E-state index contributed by atoms with van der Waals surface area (Å²) in [7, 11) is 0. The predicted octanol–water partition coefficient (Wildman–Crippen LogP) is 6.51. The zero-order chi connectivity index (χ0) is 24.2. The van der Waals surface area contributed by atoms with Crippen molar-refractivity contribution < 1.29 is 24.2 Å². The molecule has 6 nitrogen and oxygen atoms in total. The Kier molecular flexibility index (Phi) is 7.26. The SMILES string of the molecule is O=C(O)c1cccc(COc2ccc(/C=C3/SC(=O)N(Cc4ccc(Cl)cc4)C3=O)cc2Cl)c1. The summed E-state index contributed by atoms with van der Waals surface area (Å²) < 4.78 is 5.72. The van der Waals surface area contributed by atoms with Gasteiger partial charge in [-0.3, -0.25) is 14.5 Å². The van der Waals surface area contributed by atoms with E-state index in [2.05, 4.69) is 0 Å². The van der Waals surface area contributed by atoms with Gasteiger partial charge in [-0.05, 0) is 70.9 Å². The number of ether oxygens (including phenoxy) is 1. The number of thioether (sulfide) groups is 1. The van der Waals surface area contributed by atoms with Crippen molar-refractivity contribution >= 4 is 58.2 Å². The van der Waals surface area contributed by atoms with E-state index in [1.54, 1.807) is 60.7 Å². The Morgan fingerprint density at radius 2 is 1.76 bits per heavy atom. The van der Waals surface area contributed by atoms with Crippen LogP contribution in [-0.2, 0) is 17.9 Å². The second-order valence-corrected chi connectivity index (χ2v) is 9.22. The quantitative estimate of drug-likeness (QED) is 0.362. The van der Waals surface area contributed by atoms with Gasteiger partial charge in [0.05, 0.1) is 22.0 Å². The summed E-state index contributed by atoms with van der Waals surface area (Å²) >= 11 is 13.1.